The van der Waals surface area contributed by atoms with Gasteiger partial charge in [-0.15, -0.1) is 0 Å². The van der Waals surface area contributed by atoms with Crippen LogP contribution in [-0.4, -0.2) is 27.4 Å². The van der Waals surface area contributed by atoms with Gasteiger partial charge < -0.3 is 15.4 Å². The number of ether oxygens (including phenoxy) is 1. The molecule has 96 valence electrons. The molecular weight excluding hydrogens is 236 g/mol. The number of halogens is 1. The quantitative estimate of drug-likeness (QED) is 0.606. The van der Waals surface area contributed by atoms with Crippen molar-refractivity contribution in [1.29, 1.82) is 0 Å². The molecule has 0 radical (unpaired) electrons. The van der Waals surface area contributed by atoms with E-state index in [2.05, 4.69) is 30.5 Å². The third kappa shape index (κ3) is 3.87. The highest BCUT2D eigenvalue weighted by Crippen LogP contribution is 2.30. The molecule has 3 nitrogen and oxygen atoms in total. The van der Waals surface area contributed by atoms with Crippen molar-refractivity contribution in [2.24, 2.45) is 0 Å². The predicted molar refractivity (Wildman–Crippen MR) is 73.0 cm³/mol. The average molecular weight is 257 g/mol. The molecule has 0 saturated heterocycles. The van der Waals surface area contributed by atoms with Crippen LogP contribution in [0.5, 0.6) is 5.75 Å². The van der Waals surface area contributed by atoms with Gasteiger partial charge in [0.25, 0.3) is 0 Å². The Morgan fingerprint density at radius 1 is 1.35 bits per heavy atom. The number of hydrogen-bond donors (Lipinski definition) is 2. The highest BCUT2D eigenvalue weighted by atomic mass is 35.5. The van der Waals surface area contributed by atoms with E-state index in [4.69, 9.17) is 16.3 Å². The normalized spacial score (nSPS) is 11.6. The Labute approximate surface area is 109 Å². The smallest absolute Gasteiger partial charge is 0.137 e. The van der Waals surface area contributed by atoms with E-state index in [0.717, 1.165) is 19.0 Å². The monoisotopic (exact) mass is 256 g/mol. The van der Waals surface area contributed by atoms with Crippen LogP contribution in [0.25, 0.3) is 0 Å². The average Bonchev–Trinajstić information content (AvgIpc) is 2.29. The largest absolute Gasteiger partial charge is 0.495 e. The summed E-state index contributed by atoms with van der Waals surface area (Å²) in [5, 5.41) is 7.06. The summed E-state index contributed by atoms with van der Waals surface area (Å²) < 4.78 is 5.15. The summed E-state index contributed by atoms with van der Waals surface area (Å²) >= 11 is 6.14. The summed E-state index contributed by atoms with van der Waals surface area (Å²) in [6.45, 7) is 6.06. The van der Waals surface area contributed by atoms with Crippen molar-refractivity contribution < 1.29 is 4.74 Å². The van der Waals surface area contributed by atoms with Gasteiger partial charge in [0.15, 0.2) is 0 Å². The Morgan fingerprint density at radius 2 is 2.06 bits per heavy atom. The topological polar surface area (TPSA) is 33.3 Å². The first kappa shape index (κ1) is 14.3. The van der Waals surface area contributed by atoms with Crippen LogP contribution in [0.4, 0.5) is 0 Å². The van der Waals surface area contributed by atoms with Crippen molar-refractivity contribution in [2.45, 2.75) is 19.3 Å². The summed E-state index contributed by atoms with van der Waals surface area (Å²) in [6.07, 6.45) is 0. The molecule has 2 N–H and O–H groups in total. The predicted octanol–water partition coefficient (Wildman–Crippen LogP) is 2.39. The maximum atomic E-state index is 6.14. The van der Waals surface area contributed by atoms with Gasteiger partial charge in [-0.25, -0.2) is 0 Å². The molecule has 0 heterocycles. The van der Waals surface area contributed by atoms with Crippen LogP contribution < -0.4 is 15.4 Å². The Bertz CT molecular complexity index is 366. The van der Waals surface area contributed by atoms with Crippen LogP contribution >= 0.6 is 11.6 Å². The number of methoxy groups -OCH3 is 1. The van der Waals surface area contributed by atoms with Crippen molar-refractivity contribution >= 4 is 11.6 Å². The molecule has 0 bridgehead atoms. The zero-order valence-corrected chi connectivity index (χ0v) is 11.7. The van der Waals surface area contributed by atoms with Crippen molar-refractivity contribution in [1.82, 2.24) is 10.6 Å². The maximum absolute atomic E-state index is 6.14. The number of nitrogens with one attached hydrogen (secondary N) is 2. The molecule has 0 aliphatic carbocycles. The molecule has 1 aromatic rings. The zero-order chi connectivity index (χ0) is 12.9. The highest BCUT2D eigenvalue weighted by molar-refractivity contribution is 6.32. The van der Waals surface area contributed by atoms with E-state index in [-0.39, 0.29) is 5.41 Å². The fourth-order valence-electron chi connectivity index (χ4n) is 1.69. The molecule has 4 heteroatoms. The fourth-order valence-corrected chi connectivity index (χ4v) is 1.95. The molecule has 0 fully saturated rings. The minimum absolute atomic E-state index is 0.0345. The second kappa shape index (κ2) is 6.24. The summed E-state index contributed by atoms with van der Waals surface area (Å²) in [7, 11) is 3.55. The van der Waals surface area contributed by atoms with E-state index in [0.29, 0.717) is 5.02 Å². The Balaban J connectivity index is 2.80. The minimum atomic E-state index is 0.0345. The second-order valence-corrected chi connectivity index (χ2v) is 5.10. The van der Waals surface area contributed by atoms with Gasteiger partial charge in [-0.3, -0.25) is 0 Å². The third-order valence-corrected chi connectivity index (χ3v) is 3.10. The fraction of sp³-hybridized carbons (Fsp3) is 0.538. The second-order valence-electron chi connectivity index (χ2n) is 4.69. The minimum Gasteiger partial charge on any atom is -0.495 e. The Kier molecular flexibility index (Phi) is 5.25. The summed E-state index contributed by atoms with van der Waals surface area (Å²) in [5.74, 6) is 0.717. The van der Waals surface area contributed by atoms with Gasteiger partial charge in [-0.05, 0) is 24.7 Å². The lowest BCUT2D eigenvalue weighted by Crippen LogP contribution is -2.37. The van der Waals surface area contributed by atoms with Crippen LogP contribution in [-0.2, 0) is 5.41 Å². The first-order valence-corrected chi connectivity index (χ1v) is 6.08. The van der Waals surface area contributed by atoms with Crippen molar-refractivity contribution in [3.05, 3.63) is 28.8 Å². The van der Waals surface area contributed by atoms with E-state index in [1.807, 2.05) is 19.2 Å². The van der Waals surface area contributed by atoms with Gasteiger partial charge in [0, 0.05) is 18.6 Å². The van der Waals surface area contributed by atoms with Gasteiger partial charge >= 0.3 is 0 Å². The van der Waals surface area contributed by atoms with Gasteiger partial charge in [-0.1, -0.05) is 31.5 Å². The molecule has 1 aromatic carbocycles. The highest BCUT2D eigenvalue weighted by Gasteiger charge is 2.21. The molecule has 0 aliphatic heterocycles. The zero-order valence-electron chi connectivity index (χ0n) is 10.9. The molecule has 0 spiro atoms. The van der Waals surface area contributed by atoms with Crippen LogP contribution in [0, 0.1) is 0 Å². The van der Waals surface area contributed by atoms with Gasteiger partial charge in [0.1, 0.15) is 5.75 Å². The lowest BCUT2D eigenvalue weighted by molar-refractivity contribution is 0.413. The van der Waals surface area contributed by atoms with Crippen molar-refractivity contribution in [3.63, 3.8) is 0 Å². The first-order chi connectivity index (χ1) is 8.01. The lowest BCUT2D eigenvalue weighted by Gasteiger charge is -2.26. The standard InChI is InChI=1S/C13H21ClN2O/c1-13(2,8-16-9-15-3)10-5-6-12(17-4)11(14)7-10/h5-7,15-16H,8-9H2,1-4H3. The lowest BCUT2D eigenvalue weighted by atomic mass is 9.84. The number of hydrogen-bond acceptors (Lipinski definition) is 3. The van der Waals surface area contributed by atoms with Crippen LogP contribution in [0.3, 0.4) is 0 Å². The molecule has 0 atom stereocenters. The van der Waals surface area contributed by atoms with Crippen LogP contribution in [0.15, 0.2) is 18.2 Å². The molecule has 0 unspecified atom stereocenters. The van der Waals surface area contributed by atoms with Gasteiger partial charge in [0.2, 0.25) is 0 Å². The number of benzene rings is 1. The van der Waals surface area contributed by atoms with E-state index < -0.39 is 0 Å². The summed E-state index contributed by atoms with van der Waals surface area (Å²) in [6, 6.07) is 5.95. The van der Waals surface area contributed by atoms with Crippen LogP contribution in [0.2, 0.25) is 5.02 Å². The molecule has 0 aliphatic rings. The number of rotatable bonds is 6. The Hall–Kier alpha value is -0.770. The van der Waals surface area contributed by atoms with E-state index >= 15 is 0 Å². The first-order valence-electron chi connectivity index (χ1n) is 5.70. The third-order valence-electron chi connectivity index (χ3n) is 2.80. The molecule has 0 aromatic heterocycles. The maximum Gasteiger partial charge on any atom is 0.137 e. The molecular formula is C13H21ClN2O. The van der Waals surface area contributed by atoms with Crippen LogP contribution in [0.1, 0.15) is 19.4 Å². The Morgan fingerprint density at radius 3 is 2.59 bits per heavy atom. The molecule has 1 rings (SSSR count). The summed E-state index contributed by atoms with van der Waals surface area (Å²) in [5.41, 5.74) is 1.24. The van der Waals surface area contributed by atoms with Gasteiger partial charge in [-0.2, -0.15) is 0 Å². The van der Waals surface area contributed by atoms with E-state index in [1.165, 1.54) is 5.56 Å². The molecule has 17 heavy (non-hydrogen) atoms. The van der Waals surface area contributed by atoms with Crippen molar-refractivity contribution in [2.75, 3.05) is 27.4 Å². The summed E-state index contributed by atoms with van der Waals surface area (Å²) in [4.78, 5) is 0. The SMILES string of the molecule is CNCNCC(C)(C)c1ccc(OC)c(Cl)c1. The molecule has 0 amide bonds. The van der Waals surface area contributed by atoms with Gasteiger partial charge in [0.05, 0.1) is 12.1 Å². The molecule has 0 saturated carbocycles. The van der Waals surface area contributed by atoms with E-state index in [9.17, 15) is 0 Å². The van der Waals surface area contributed by atoms with Crippen molar-refractivity contribution in [3.8, 4) is 5.75 Å². The van der Waals surface area contributed by atoms with E-state index in [1.54, 1.807) is 7.11 Å².